The Hall–Kier alpha value is -3.38. The van der Waals surface area contributed by atoms with Crippen LogP contribution >= 0.6 is 38.6 Å². The minimum atomic E-state index is -3.97. The largest absolute Gasteiger partial charge is 0.504 e. The lowest BCUT2D eigenvalue weighted by atomic mass is 10.2. The van der Waals surface area contributed by atoms with Gasteiger partial charge in [-0.25, -0.2) is 25.3 Å². The molecule has 0 saturated carbocycles. The lowest BCUT2D eigenvalue weighted by Gasteiger charge is -2.21. The molecule has 0 bridgehead atoms. The fourth-order valence-corrected chi connectivity index (χ4v) is 13.4. The average Bonchev–Trinajstić information content (AvgIpc) is 4.00. The molecule has 2 fully saturated rings. The van der Waals surface area contributed by atoms with Gasteiger partial charge in [0.2, 0.25) is 0 Å². The number of aromatic hydroxyl groups is 2. The Morgan fingerprint density at radius 3 is 1.64 bits per heavy atom. The molecular formula is C28H33BrN10O10S6. The second kappa shape index (κ2) is 17.0. The number of nitrogens with two attached hydrogens (primary N) is 1. The second-order valence-corrected chi connectivity index (χ2v) is 20.3. The van der Waals surface area contributed by atoms with Crippen LogP contribution in [0.3, 0.4) is 0 Å². The van der Waals surface area contributed by atoms with Gasteiger partial charge in [-0.1, -0.05) is 12.1 Å². The number of halogens is 1. The zero-order chi connectivity index (χ0) is 39.7. The van der Waals surface area contributed by atoms with E-state index in [1.165, 1.54) is 19.4 Å². The molecule has 0 radical (unpaired) electrons. The molecule has 0 spiro atoms. The summed E-state index contributed by atoms with van der Waals surface area (Å²) < 4.78 is 92.1. The van der Waals surface area contributed by atoms with Gasteiger partial charge >= 0.3 is 0 Å². The maximum atomic E-state index is 13.0. The minimum Gasteiger partial charge on any atom is -0.504 e. The summed E-state index contributed by atoms with van der Waals surface area (Å²) in [6.07, 6.45) is 2.43. The van der Waals surface area contributed by atoms with E-state index in [-0.39, 0.29) is 62.9 Å². The fourth-order valence-electron chi connectivity index (χ4n) is 5.77. The van der Waals surface area contributed by atoms with Crippen molar-refractivity contribution in [2.24, 2.45) is 23.3 Å². The zero-order valence-corrected chi connectivity index (χ0v) is 34.6. The number of para-hydroxylation sites is 1. The van der Waals surface area contributed by atoms with Crippen molar-refractivity contribution in [2.75, 3.05) is 42.3 Å². The molecule has 4 aliphatic heterocycles. The van der Waals surface area contributed by atoms with E-state index in [2.05, 4.69) is 49.5 Å². The molecule has 4 atom stereocenters. The summed E-state index contributed by atoms with van der Waals surface area (Å²) >= 11 is 1.40. The molecule has 298 valence electrons. The van der Waals surface area contributed by atoms with Crippen molar-refractivity contribution in [2.45, 2.75) is 46.2 Å². The summed E-state index contributed by atoms with van der Waals surface area (Å²) in [6, 6.07) is 6.26. The molecule has 1 aromatic carbocycles. The van der Waals surface area contributed by atoms with Gasteiger partial charge in [0.1, 0.15) is 0 Å². The van der Waals surface area contributed by atoms with Crippen LogP contribution in [-0.2, 0) is 42.4 Å². The van der Waals surface area contributed by atoms with Gasteiger partial charge in [-0.05, 0) is 53.7 Å². The number of rotatable bonds is 9. The number of nitrogens with zero attached hydrogens (tertiary/aromatic N) is 6. The highest BCUT2D eigenvalue weighted by Gasteiger charge is 2.39. The highest BCUT2D eigenvalue weighted by Crippen LogP contribution is 2.42. The topological polar surface area (TPSA) is 301 Å². The monoisotopic (exact) mass is 940 g/mol. The summed E-state index contributed by atoms with van der Waals surface area (Å²) in [5.74, 6) is -0.755. The van der Waals surface area contributed by atoms with Crippen LogP contribution in [-0.4, -0.2) is 116 Å². The Bertz CT molecular complexity index is 2370. The van der Waals surface area contributed by atoms with E-state index >= 15 is 0 Å². The molecule has 55 heavy (non-hydrogen) atoms. The minimum absolute atomic E-state index is 0.000196. The van der Waals surface area contributed by atoms with Crippen molar-refractivity contribution in [3.05, 3.63) is 39.5 Å². The molecule has 27 heteroatoms. The van der Waals surface area contributed by atoms with Crippen molar-refractivity contribution in [1.29, 1.82) is 0 Å². The molecule has 4 aliphatic rings. The Morgan fingerprint density at radius 1 is 0.745 bits per heavy atom. The first-order chi connectivity index (χ1) is 26.1. The van der Waals surface area contributed by atoms with Gasteiger partial charge in [0.05, 0.1) is 30.3 Å². The molecule has 3 aromatic rings. The maximum absolute atomic E-state index is 13.0. The fraction of sp³-hybridized carbons (Fsp3) is 0.357. The molecule has 4 unspecified atom stereocenters. The second-order valence-electron chi connectivity index (χ2n) is 11.9. The number of aliphatic hydroxyl groups excluding tert-OH is 2. The normalized spacial score (nSPS) is 23.1. The van der Waals surface area contributed by atoms with Gasteiger partial charge in [-0.3, -0.25) is 0 Å². The van der Waals surface area contributed by atoms with E-state index < -0.39 is 66.0 Å². The van der Waals surface area contributed by atoms with E-state index in [1.807, 2.05) is 18.2 Å². The lowest BCUT2D eigenvalue weighted by molar-refractivity contribution is 0.213. The number of hydrogen-bond donors (Lipinski definition) is 8. The molecule has 0 aliphatic carbocycles. The summed E-state index contributed by atoms with van der Waals surface area (Å²) in [5, 5.41) is 50.9. The predicted molar refractivity (Wildman–Crippen MR) is 215 cm³/mol. The zero-order valence-electron chi connectivity index (χ0n) is 28.1. The number of nitrogens with one attached hydrogen (secondary N) is 3. The molecule has 2 aromatic heterocycles. The summed E-state index contributed by atoms with van der Waals surface area (Å²) in [6.45, 7) is 0.0245. The first-order valence-electron chi connectivity index (χ1n) is 16.0. The Morgan fingerprint density at radius 2 is 1.18 bits per heavy atom. The lowest BCUT2D eigenvalue weighted by Crippen LogP contribution is -2.37. The highest BCUT2D eigenvalue weighted by atomic mass is 79.9. The van der Waals surface area contributed by atoms with Crippen molar-refractivity contribution in [1.82, 2.24) is 8.61 Å². The third-order valence-corrected chi connectivity index (χ3v) is 17.3. The van der Waals surface area contributed by atoms with Crippen LogP contribution in [0.25, 0.3) is 0 Å². The van der Waals surface area contributed by atoms with Crippen LogP contribution in [0, 0.1) is 0 Å². The van der Waals surface area contributed by atoms with Crippen LogP contribution in [0.5, 0.6) is 11.5 Å². The third kappa shape index (κ3) is 8.65. The van der Waals surface area contributed by atoms with E-state index in [1.54, 1.807) is 6.07 Å². The van der Waals surface area contributed by atoms with Gasteiger partial charge < -0.3 is 42.1 Å². The Balaban J connectivity index is 0.000000193. The molecule has 0 amide bonds. The average molecular weight is 942 g/mol. The number of benzene rings is 1. The van der Waals surface area contributed by atoms with Crippen LogP contribution in [0.1, 0.15) is 25.7 Å². The first-order valence-corrected chi connectivity index (χ1v) is 23.6. The third-order valence-electron chi connectivity index (χ3n) is 8.40. The quantitative estimate of drug-likeness (QED) is 0.151. The van der Waals surface area contributed by atoms with Crippen molar-refractivity contribution in [3.8, 4) is 11.5 Å². The number of aliphatic hydroxyl groups is 2. The number of sulfonamides is 2. The van der Waals surface area contributed by atoms with Crippen LogP contribution in [0.15, 0.2) is 65.5 Å². The molecule has 9 N–H and O–H groups in total. The summed E-state index contributed by atoms with van der Waals surface area (Å²) in [5.41, 5.74) is 6.37. The van der Waals surface area contributed by atoms with Gasteiger partial charge in [0.15, 0.2) is 43.3 Å². The summed E-state index contributed by atoms with van der Waals surface area (Å²) in [4.78, 5) is 0. The number of anilines is 3. The van der Waals surface area contributed by atoms with Crippen LogP contribution in [0.2, 0.25) is 0 Å². The molecular weight excluding hydrogens is 909 g/mol. The van der Waals surface area contributed by atoms with E-state index in [0.717, 1.165) is 27.1 Å². The smallest absolute Gasteiger partial charge is 0.269 e. The Kier molecular flexibility index (Phi) is 12.8. The molecule has 7 rings (SSSR count). The first kappa shape index (κ1) is 41.3. The van der Waals surface area contributed by atoms with Crippen LogP contribution in [0.4, 0.5) is 17.1 Å². The van der Waals surface area contributed by atoms with Gasteiger partial charge in [0, 0.05) is 40.4 Å². The number of thiophene rings is 2. The van der Waals surface area contributed by atoms with E-state index in [0.29, 0.717) is 37.9 Å². The summed E-state index contributed by atoms with van der Waals surface area (Å²) in [7, 11) is -7.90. The Labute approximate surface area is 336 Å². The standard InChI is InChI=1S/C17H18BrN5O5S3.C11H15N5O5S3/c18-11-5-1-2-6-12(11)19-15-16(22-30(26)21-15)20-13-9-29-17(14(13)25)31(27,28)23-7-3-4-10(23)8-24;12-9-10(15-23(19)14-9)13-7-5-22-11(8(7)18)24(20,21)16-3-1-2-6(16)4-17/h1-2,5-6,9-10,24-25H,3-4,7-8H2,(H,19,21)(H,20,22);5-6,17-18H,1-4H2,(H2,12,14)(H,13,15). The van der Waals surface area contributed by atoms with Crippen molar-refractivity contribution in [3.63, 3.8) is 0 Å². The highest BCUT2D eigenvalue weighted by molar-refractivity contribution is 9.10. The van der Waals surface area contributed by atoms with Gasteiger partial charge in [-0.2, -0.15) is 8.61 Å². The molecule has 6 heterocycles. The maximum Gasteiger partial charge on any atom is 0.269 e. The number of hydrogen-bond acceptors (Lipinski definition) is 16. The van der Waals surface area contributed by atoms with Gasteiger partial charge in [-0.15, -0.1) is 40.3 Å². The van der Waals surface area contributed by atoms with Crippen molar-refractivity contribution >= 4 is 121 Å². The van der Waals surface area contributed by atoms with Crippen molar-refractivity contribution < 1.29 is 45.7 Å². The predicted octanol–water partition coefficient (Wildman–Crippen LogP) is 1.63. The van der Waals surface area contributed by atoms with Crippen LogP contribution < -0.4 is 21.7 Å². The molecule has 2 saturated heterocycles. The molecule has 20 nitrogen and oxygen atoms in total. The van der Waals surface area contributed by atoms with E-state index in [9.17, 15) is 45.7 Å². The number of amidine groups is 4. The van der Waals surface area contributed by atoms with Gasteiger partial charge in [0.25, 0.3) is 42.4 Å². The van der Waals surface area contributed by atoms with E-state index in [4.69, 9.17) is 5.73 Å². The SMILES string of the molecule is NC1=NS(=O)N=C1Nc1csc(S(=O)(=O)N2CCCC2CO)c1O.O=S1N=C(Nc2ccccc2Br)C(Nc2csc(S(=O)(=O)N3CCCC3CO)c2O)=N1.